The van der Waals surface area contributed by atoms with Crippen molar-refractivity contribution in [1.29, 1.82) is 0 Å². The van der Waals surface area contributed by atoms with Gasteiger partial charge in [0.1, 0.15) is 0 Å². The van der Waals surface area contributed by atoms with Gasteiger partial charge in [-0.25, -0.2) is 0 Å². The second kappa shape index (κ2) is 4.91. The summed E-state index contributed by atoms with van der Waals surface area (Å²) in [4.78, 5) is 11.0. The van der Waals surface area contributed by atoms with Gasteiger partial charge in [0.05, 0.1) is 12.6 Å². The Hall–Kier alpha value is -1.97. The van der Waals surface area contributed by atoms with Gasteiger partial charge in [0.2, 0.25) is 0 Å². The summed E-state index contributed by atoms with van der Waals surface area (Å²) in [7, 11) is 1.41. The van der Waals surface area contributed by atoms with Gasteiger partial charge in [0.15, 0.2) is 0 Å². The SMILES string of the molecule is COC(=O)CCCn1ccc2c(N)cccc21. The van der Waals surface area contributed by atoms with Crippen LogP contribution >= 0.6 is 0 Å². The highest BCUT2D eigenvalue weighted by Crippen LogP contribution is 2.22. The molecule has 90 valence electrons. The van der Waals surface area contributed by atoms with Crippen LogP contribution in [0.4, 0.5) is 5.69 Å². The lowest BCUT2D eigenvalue weighted by Gasteiger charge is -2.05. The summed E-state index contributed by atoms with van der Waals surface area (Å²) >= 11 is 0. The summed E-state index contributed by atoms with van der Waals surface area (Å²) in [6, 6.07) is 7.86. The first-order valence-corrected chi connectivity index (χ1v) is 5.62. The van der Waals surface area contributed by atoms with Crippen LogP contribution in [0.2, 0.25) is 0 Å². The Bertz CT molecular complexity index is 531. The lowest BCUT2D eigenvalue weighted by Crippen LogP contribution is -2.03. The third kappa shape index (κ3) is 2.41. The van der Waals surface area contributed by atoms with E-state index in [1.54, 1.807) is 0 Å². The number of esters is 1. The van der Waals surface area contributed by atoms with Crippen molar-refractivity contribution in [3.63, 3.8) is 0 Å². The van der Waals surface area contributed by atoms with Gasteiger partial charge in [-0.05, 0) is 24.6 Å². The summed E-state index contributed by atoms with van der Waals surface area (Å²) in [5.41, 5.74) is 7.77. The van der Waals surface area contributed by atoms with Crippen LogP contribution in [-0.4, -0.2) is 17.6 Å². The van der Waals surface area contributed by atoms with Crippen LogP contribution in [-0.2, 0) is 16.1 Å². The van der Waals surface area contributed by atoms with Gasteiger partial charge in [-0.1, -0.05) is 6.07 Å². The van der Waals surface area contributed by atoms with Crippen molar-refractivity contribution in [2.24, 2.45) is 0 Å². The number of hydrogen-bond acceptors (Lipinski definition) is 3. The highest BCUT2D eigenvalue weighted by molar-refractivity contribution is 5.91. The maximum atomic E-state index is 11.0. The van der Waals surface area contributed by atoms with Crippen molar-refractivity contribution >= 4 is 22.6 Å². The monoisotopic (exact) mass is 232 g/mol. The fourth-order valence-electron chi connectivity index (χ4n) is 1.94. The molecular weight excluding hydrogens is 216 g/mol. The minimum Gasteiger partial charge on any atom is -0.469 e. The molecule has 0 atom stereocenters. The van der Waals surface area contributed by atoms with Gasteiger partial charge in [-0.3, -0.25) is 4.79 Å². The number of anilines is 1. The van der Waals surface area contributed by atoms with Gasteiger partial charge in [0, 0.05) is 30.2 Å². The summed E-state index contributed by atoms with van der Waals surface area (Å²) in [5.74, 6) is -0.166. The molecule has 4 heteroatoms. The minimum absolute atomic E-state index is 0.166. The zero-order valence-electron chi connectivity index (χ0n) is 9.85. The highest BCUT2D eigenvalue weighted by Gasteiger charge is 2.04. The van der Waals surface area contributed by atoms with Gasteiger partial charge >= 0.3 is 5.97 Å². The normalized spacial score (nSPS) is 10.6. The van der Waals surface area contributed by atoms with E-state index in [0.717, 1.165) is 29.6 Å². The number of carbonyl (C=O) groups is 1. The van der Waals surface area contributed by atoms with Crippen molar-refractivity contribution < 1.29 is 9.53 Å². The predicted molar refractivity (Wildman–Crippen MR) is 67.6 cm³/mol. The van der Waals surface area contributed by atoms with Crippen LogP contribution in [0.5, 0.6) is 0 Å². The Labute approximate surface area is 100.0 Å². The van der Waals surface area contributed by atoms with E-state index in [4.69, 9.17) is 5.73 Å². The molecule has 0 saturated carbocycles. The largest absolute Gasteiger partial charge is 0.469 e. The maximum absolute atomic E-state index is 11.0. The fourth-order valence-corrected chi connectivity index (χ4v) is 1.94. The predicted octanol–water partition coefficient (Wildman–Crippen LogP) is 2.18. The van der Waals surface area contributed by atoms with Crippen LogP contribution < -0.4 is 5.73 Å². The molecule has 1 aromatic heterocycles. The zero-order valence-corrected chi connectivity index (χ0v) is 9.85. The molecule has 1 aromatic carbocycles. The highest BCUT2D eigenvalue weighted by atomic mass is 16.5. The number of fused-ring (bicyclic) bond motifs is 1. The molecule has 17 heavy (non-hydrogen) atoms. The van der Waals surface area contributed by atoms with Gasteiger partial charge < -0.3 is 15.0 Å². The number of methoxy groups -OCH3 is 1. The number of nitrogens with zero attached hydrogens (tertiary/aromatic N) is 1. The summed E-state index contributed by atoms with van der Waals surface area (Å²) in [6.45, 7) is 0.794. The van der Waals surface area contributed by atoms with Crippen LogP contribution in [0.3, 0.4) is 0 Å². The Kier molecular flexibility index (Phi) is 3.32. The minimum atomic E-state index is -0.166. The molecule has 2 aromatic rings. The molecule has 4 nitrogen and oxygen atoms in total. The molecule has 0 unspecified atom stereocenters. The lowest BCUT2D eigenvalue weighted by atomic mass is 10.2. The summed E-state index contributed by atoms with van der Waals surface area (Å²) < 4.78 is 6.71. The van der Waals surface area contributed by atoms with E-state index in [2.05, 4.69) is 9.30 Å². The first-order chi connectivity index (χ1) is 8.22. The van der Waals surface area contributed by atoms with E-state index in [-0.39, 0.29) is 5.97 Å². The molecule has 0 fully saturated rings. The van der Waals surface area contributed by atoms with Crippen LogP contribution in [0.15, 0.2) is 30.5 Å². The second-order valence-corrected chi connectivity index (χ2v) is 3.97. The third-order valence-corrected chi connectivity index (χ3v) is 2.86. The van der Waals surface area contributed by atoms with Gasteiger partial charge in [-0.2, -0.15) is 0 Å². The Balaban J connectivity index is 2.09. The molecule has 0 bridgehead atoms. The molecule has 0 radical (unpaired) electrons. The summed E-state index contributed by atoms with van der Waals surface area (Å²) in [5, 5.41) is 1.06. The van der Waals surface area contributed by atoms with Crippen molar-refractivity contribution in [2.75, 3.05) is 12.8 Å². The average Bonchev–Trinajstić information content (AvgIpc) is 2.74. The van der Waals surface area contributed by atoms with E-state index in [0.29, 0.717) is 6.42 Å². The van der Waals surface area contributed by atoms with Crippen LogP contribution in [0.25, 0.3) is 10.9 Å². The van der Waals surface area contributed by atoms with Crippen LogP contribution in [0, 0.1) is 0 Å². The van der Waals surface area contributed by atoms with Crippen molar-refractivity contribution in [1.82, 2.24) is 4.57 Å². The smallest absolute Gasteiger partial charge is 0.305 e. The standard InChI is InChI=1S/C13H16N2O2/c1-17-13(16)6-3-8-15-9-7-10-11(14)4-2-5-12(10)15/h2,4-5,7,9H,3,6,8,14H2,1H3. The summed E-state index contributed by atoms with van der Waals surface area (Å²) in [6.07, 6.45) is 3.21. The topological polar surface area (TPSA) is 57.2 Å². The first-order valence-electron chi connectivity index (χ1n) is 5.62. The Morgan fingerprint density at radius 2 is 2.24 bits per heavy atom. The molecular formula is C13H16N2O2. The van der Waals surface area contributed by atoms with Crippen molar-refractivity contribution in [2.45, 2.75) is 19.4 Å². The number of nitrogens with two attached hydrogens (primary N) is 1. The fraction of sp³-hybridized carbons (Fsp3) is 0.308. The zero-order chi connectivity index (χ0) is 12.3. The molecule has 0 saturated heterocycles. The van der Waals surface area contributed by atoms with E-state index in [1.165, 1.54) is 7.11 Å². The maximum Gasteiger partial charge on any atom is 0.305 e. The number of aryl methyl sites for hydroxylation is 1. The van der Waals surface area contributed by atoms with E-state index >= 15 is 0 Å². The number of hydrogen-bond donors (Lipinski definition) is 1. The average molecular weight is 232 g/mol. The molecule has 0 aliphatic rings. The Morgan fingerprint density at radius 1 is 1.41 bits per heavy atom. The number of benzene rings is 1. The van der Waals surface area contributed by atoms with Crippen LogP contribution in [0.1, 0.15) is 12.8 Å². The first kappa shape index (κ1) is 11.5. The van der Waals surface area contributed by atoms with Crippen molar-refractivity contribution in [3.05, 3.63) is 30.5 Å². The molecule has 0 aliphatic carbocycles. The van der Waals surface area contributed by atoms with Crippen molar-refractivity contribution in [3.8, 4) is 0 Å². The molecule has 1 heterocycles. The number of ether oxygens (including phenoxy) is 1. The van der Waals surface area contributed by atoms with E-state index in [9.17, 15) is 4.79 Å². The number of aromatic nitrogens is 1. The molecule has 0 aliphatic heterocycles. The van der Waals surface area contributed by atoms with Gasteiger partial charge in [0.25, 0.3) is 0 Å². The molecule has 2 N–H and O–H groups in total. The second-order valence-electron chi connectivity index (χ2n) is 3.97. The van der Waals surface area contributed by atoms with E-state index < -0.39 is 0 Å². The lowest BCUT2D eigenvalue weighted by molar-refractivity contribution is -0.140. The Morgan fingerprint density at radius 3 is 3.00 bits per heavy atom. The quantitative estimate of drug-likeness (QED) is 0.649. The number of carbonyl (C=O) groups excluding carboxylic acids is 1. The van der Waals surface area contributed by atoms with E-state index in [1.807, 2.05) is 30.5 Å². The number of nitrogen functional groups attached to an aromatic ring is 1. The third-order valence-electron chi connectivity index (χ3n) is 2.86. The number of rotatable bonds is 4. The molecule has 0 spiro atoms. The molecule has 2 rings (SSSR count). The van der Waals surface area contributed by atoms with Gasteiger partial charge in [-0.15, -0.1) is 0 Å². The molecule has 0 amide bonds.